The van der Waals surface area contributed by atoms with Gasteiger partial charge in [0.25, 0.3) is 0 Å². The lowest BCUT2D eigenvalue weighted by molar-refractivity contribution is -0.179. The predicted molar refractivity (Wildman–Crippen MR) is 64.0 cm³/mol. The van der Waals surface area contributed by atoms with E-state index in [0.29, 0.717) is 24.8 Å². The average Bonchev–Trinajstić information content (AvgIpc) is 2.37. The van der Waals surface area contributed by atoms with E-state index in [4.69, 9.17) is 10.5 Å². The maximum atomic E-state index is 12.6. The molecule has 19 heavy (non-hydrogen) atoms. The highest BCUT2D eigenvalue weighted by Gasteiger charge is 2.41. The summed E-state index contributed by atoms with van der Waals surface area (Å²) in [4.78, 5) is 9.63. The van der Waals surface area contributed by atoms with Crippen LogP contribution in [0.15, 0.2) is 6.07 Å². The van der Waals surface area contributed by atoms with Crippen LogP contribution in [-0.2, 0) is 0 Å². The Balaban J connectivity index is 2.07. The molecule has 0 saturated carbocycles. The highest BCUT2D eigenvalue weighted by Crippen LogP contribution is 2.35. The fraction of sp³-hybridized carbons (Fsp3) is 0.636. The van der Waals surface area contributed by atoms with Crippen molar-refractivity contribution < 1.29 is 17.9 Å². The summed E-state index contributed by atoms with van der Waals surface area (Å²) in [5.41, 5.74) is 5.53. The van der Waals surface area contributed by atoms with Gasteiger partial charge in [-0.25, -0.2) is 0 Å². The quantitative estimate of drug-likeness (QED) is 0.893. The SMILES string of the molecule is COc1cc(N2CCC(C(F)(F)F)CC2)nc(N)n1. The van der Waals surface area contributed by atoms with Gasteiger partial charge in [-0.05, 0) is 12.8 Å². The van der Waals surface area contributed by atoms with Gasteiger partial charge in [0, 0.05) is 19.2 Å². The second kappa shape index (κ2) is 5.10. The fourth-order valence-electron chi connectivity index (χ4n) is 2.13. The van der Waals surface area contributed by atoms with Crippen molar-refractivity contribution in [2.24, 2.45) is 5.92 Å². The van der Waals surface area contributed by atoms with Crippen LogP contribution in [0.3, 0.4) is 0 Å². The van der Waals surface area contributed by atoms with Crippen LogP contribution in [0.5, 0.6) is 5.88 Å². The van der Waals surface area contributed by atoms with Gasteiger partial charge < -0.3 is 15.4 Å². The van der Waals surface area contributed by atoms with E-state index in [0.717, 1.165) is 0 Å². The highest BCUT2D eigenvalue weighted by atomic mass is 19.4. The van der Waals surface area contributed by atoms with Gasteiger partial charge in [0.2, 0.25) is 11.8 Å². The van der Waals surface area contributed by atoms with E-state index in [1.54, 1.807) is 11.0 Å². The third-order valence-electron chi connectivity index (χ3n) is 3.20. The molecule has 0 aromatic carbocycles. The summed E-state index contributed by atoms with van der Waals surface area (Å²) in [6.45, 7) is 0.591. The van der Waals surface area contributed by atoms with Gasteiger partial charge >= 0.3 is 6.18 Å². The molecule has 2 heterocycles. The van der Waals surface area contributed by atoms with Gasteiger partial charge in [-0.3, -0.25) is 0 Å². The van der Waals surface area contributed by atoms with Crippen LogP contribution in [0.4, 0.5) is 24.9 Å². The van der Waals surface area contributed by atoms with E-state index < -0.39 is 12.1 Å². The average molecular weight is 276 g/mol. The first-order chi connectivity index (χ1) is 8.90. The summed E-state index contributed by atoms with van der Waals surface area (Å²) < 4.78 is 42.7. The molecule has 0 radical (unpaired) electrons. The molecule has 0 aliphatic carbocycles. The number of anilines is 2. The number of alkyl halides is 3. The predicted octanol–water partition coefficient (Wildman–Crippen LogP) is 1.85. The summed E-state index contributed by atoms with van der Waals surface area (Å²) in [6.07, 6.45) is -3.99. The molecule has 106 valence electrons. The number of piperidine rings is 1. The molecule has 1 fully saturated rings. The summed E-state index contributed by atoms with van der Waals surface area (Å²) in [6, 6.07) is 1.57. The molecule has 2 N–H and O–H groups in total. The summed E-state index contributed by atoms with van der Waals surface area (Å²) in [5, 5.41) is 0. The van der Waals surface area contributed by atoms with Crippen molar-refractivity contribution in [2.75, 3.05) is 30.8 Å². The first-order valence-electron chi connectivity index (χ1n) is 5.90. The van der Waals surface area contributed by atoms with Crippen molar-refractivity contribution in [1.29, 1.82) is 0 Å². The van der Waals surface area contributed by atoms with Gasteiger partial charge in [-0.15, -0.1) is 0 Å². The molecule has 0 unspecified atom stereocenters. The zero-order chi connectivity index (χ0) is 14.0. The number of hydrogen-bond acceptors (Lipinski definition) is 5. The van der Waals surface area contributed by atoms with E-state index in [-0.39, 0.29) is 18.8 Å². The van der Waals surface area contributed by atoms with Crippen molar-refractivity contribution in [3.05, 3.63) is 6.07 Å². The molecule has 2 rings (SSSR count). The van der Waals surface area contributed by atoms with Gasteiger partial charge in [0.1, 0.15) is 5.82 Å². The number of ether oxygens (including phenoxy) is 1. The van der Waals surface area contributed by atoms with Crippen molar-refractivity contribution in [1.82, 2.24) is 9.97 Å². The summed E-state index contributed by atoms with van der Waals surface area (Å²) in [5.74, 6) is -0.373. The molecule has 5 nitrogen and oxygen atoms in total. The summed E-state index contributed by atoms with van der Waals surface area (Å²) >= 11 is 0. The normalized spacial score (nSPS) is 17.6. The number of nitrogens with zero attached hydrogens (tertiary/aromatic N) is 3. The number of nitrogen functional groups attached to an aromatic ring is 1. The van der Waals surface area contributed by atoms with E-state index >= 15 is 0 Å². The summed E-state index contributed by atoms with van der Waals surface area (Å²) in [7, 11) is 1.45. The zero-order valence-electron chi connectivity index (χ0n) is 10.4. The Bertz CT molecular complexity index is 444. The van der Waals surface area contributed by atoms with Crippen LogP contribution in [-0.4, -0.2) is 36.3 Å². The molecule has 1 aliphatic rings. The molecular formula is C11H15F3N4O. The molecule has 0 spiro atoms. The van der Waals surface area contributed by atoms with Crippen molar-refractivity contribution in [3.63, 3.8) is 0 Å². The zero-order valence-corrected chi connectivity index (χ0v) is 10.4. The number of nitrogens with two attached hydrogens (primary N) is 1. The largest absolute Gasteiger partial charge is 0.481 e. The van der Waals surface area contributed by atoms with Crippen LogP contribution in [0.25, 0.3) is 0 Å². The third-order valence-corrected chi connectivity index (χ3v) is 3.20. The third kappa shape index (κ3) is 3.18. The topological polar surface area (TPSA) is 64.3 Å². The van der Waals surface area contributed by atoms with Gasteiger partial charge in [-0.2, -0.15) is 23.1 Å². The molecule has 0 amide bonds. The highest BCUT2D eigenvalue weighted by molar-refractivity contribution is 5.45. The standard InChI is InChI=1S/C11H15F3N4O/c1-19-9-6-8(16-10(15)17-9)18-4-2-7(3-5-18)11(12,13)14/h6-7H,2-5H2,1H3,(H2,15,16,17). The first kappa shape index (κ1) is 13.7. The van der Waals surface area contributed by atoms with E-state index in [2.05, 4.69) is 9.97 Å². The minimum atomic E-state index is -4.12. The molecule has 1 saturated heterocycles. The molecule has 1 aliphatic heterocycles. The fourth-order valence-corrected chi connectivity index (χ4v) is 2.13. The lowest BCUT2D eigenvalue weighted by Gasteiger charge is -2.33. The second-order valence-electron chi connectivity index (χ2n) is 4.43. The van der Waals surface area contributed by atoms with Gasteiger partial charge in [-0.1, -0.05) is 0 Å². The lowest BCUT2D eigenvalue weighted by atomic mass is 9.96. The van der Waals surface area contributed by atoms with Crippen molar-refractivity contribution in [3.8, 4) is 5.88 Å². The first-order valence-corrected chi connectivity index (χ1v) is 5.90. The Kier molecular flexibility index (Phi) is 3.68. The molecule has 0 atom stereocenters. The number of halogens is 3. The number of aromatic nitrogens is 2. The Morgan fingerprint density at radius 3 is 2.47 bits per heavy atom. The number of hydrogen-bond donors (Lipinski definition) is 1. The Morgan fingerprint density at radius 2 is 1.95 bits per heavy atom. The molecule has 0 bridgehead atoms. The molecule has 1 aromatic heterocycles. The van der Waals surface area contributed by atoms with Crippen LogP contribution in [0.2, 0.25) is 0 Å². The van der Waals surface area contributed by atoms with E-state index in [9.17, 15) is 13.2 Å². The van der Waals surface area contributed by atoms with Crippen LogP contribution >= 0.6 is 0 Å². The smallest absolute Gasteiger partial charge is 0.391 e. The Hall–Kier alpha value is -1.73. The lowest BCUT2D eigenvalue weighted by Crippen LogP contribution is -2.39. The molecule has 8 heteroatoms. The number of rotatable bonds is 2. The number of methoxy groups -OCH3 is 1. The van der Waals surface area contributed by atoms with Crippen molar-refractivity contribution in [2.45, 2.75) is 19.0 Å². The minimum absolute atomic E-state index is 0.0484. The van der Waals surface area contributed by atoms with Gasteiger partial charge in [0.15, 0.2) is 0 Å². The maximum absolute atomic E-state index is 12.6. The van der Waals surface area contributed by atoms with Crippen LogP contribution in [0, 0.1) is 5.92 Å². The molecular weight excluding hydrogens is 261 g/mol. The maximum Gasteiger partial charge on any atom is 0.391 e. The Morgan fingerprint density at radius 1 is 1.32 bits per heavy atom. The van der Waals surface area contributed by atoms with E-state index in [1.165, 1.54) is 7.11 Å². The minimum Gasteiger partial charge on any atom is -0.481 e. The van der Waals surface area contributed by atoms with E-state index in [1.807, 2.05) is 0 Å². The second-order valence-corrected chi connectivity index (χ2v) is 4.43. The van der Waals surface area contributed by atoms with Crippen molar-refractivity contribution >= 4 is 11.8 Å². The van der Waals surface area contributed by atoms with Crippen LogP contribution in [0.1, 0.15) is 12.8 Å². The van der Waals surface area contributed by atoms with Gasteiger partial charge in [0.05, 0.1) is 13.0 Å². The Labute approximate surface area is 108 Å². The van der Waals surface area contributed by atoms with Crippen LogP contribution < -0.4 is 15.4 Å². The monoisotopic (exact) mass is 276 g/mol. The molecule has 1 aromatic rings.